The molecule has 0 spiro atoms. The molecule has 1 aromatic heterocycles. The fourth-order valence-electron chi connectivity index (χ4n) is 1.83. The molecule has 0 saturated heterocycles. The Bertz CT molecular complexity index is 683. The Morgan fingerprint density at radius 3 is 2.91 bits per heavy atom. The summed E-state index contributed by atoms with van der Waals surface area (Å²) in [5, 5.41) is 8.41. The van der Waals surface area contributed by atoms with E-state index in [-0.39, 0.29) is 12.4 Å². The monoisotopic (exact) mass is 308 g/mol. The van der Waals surface area contributed by atoms with Crippen molar-refractivity contribution < 1.29 is 23.5 Å². The van der Waals surface area contributed by atoms with Crippen molar-refractivity contribution in [2.75, 3.05) is 6.61 Å². The number of halogens is 2. The van der Waals surface area contributed by atoms with Gasteiger partial charge in [0.25, 0.3) is 5.91 Å². The summed E-state index contributed by atoms with van der Waals surface area (Å²) in [6.07, 6.45) is 4.46. The minimum Gasteiger partial charge on any atom is -0.489 e. The molecule has 0 aliphatic heterocycles. The first-order chi connectivity index (χ1) is 10.6. The molecule has 2 rings (SSSR count). The summed E-state index contributed by atoms with van der Waals surface area (Å²) < 4.78 is 33.2. The van der Waals surface area contributed by atoms with E-state index in [1.165, 1.54) is 23.7 Å². The number of ether oxygens (including phenoxy) is 1. The Kier molecular flexibility index (Phi) is 5.26. The van der Waals surface area contributed by atoms with Gasteiger partial charge in [-0.2, -0.15) is 0 Å². The molecule has 0 aliphatic carbocycles. The molecule has 1 heterocycles. The number of benzene rings is 1. The van der Waals surface area contributed by atoms with E-state index in [9.17, 15) is 13.6 Å². The lowest BCUT2D eigenvalue weighted by Gasteiger charge is -2.09. The number of carbonyl (C=O) groups is 1. The number of aromatic nitrogens is 1. The molecule has 0 bridgehead atoms. The SMILES string of the molecule is O=C(C=Cc1cccn1CCOc1ccc(F)cc1F)NO. The first-order valence-corrected chi connectivity index (χ1v) is 6.45. The number of nitrogens with zero attached hydrogens (tertiary/aromatic N) is 1. The molecule has 1 aromatic carbocycles. The van der Waals surface area contributed by atoms with E-state index in [0.717, 1.165) is 12.1 Å². The van der Waals surface area contributed by atoms with E-state index in [0.29, 0.717) is 12.2 Å². The van der Waals surface area contributed by atoms with Crippen molar-refractivity contribution in [3.63, 3.8) is 0 Å². The largest absolute Gasteiger partial charge is 0.489 e. The molecule has 1 amide bonds. The van der Waals surface area contributed by atoms with Crippen LogP contribution in [0, 0.1) is 11.6 Å². The Hall–Kier alpha value is -2.67. The number of amides is 1. The van der Waals surface area contributed by atoms with Crippen molar-refractivity contribution in [2.24, 2.45) is 0 Å². The smallest absolute Gasteiger partial charge is 0.267 e. The van der Waals surface area contributed by atoms with Crippen LogP contribution in [0.1, 0.15) is 5.69 Å². The van der Waals surface area contributed by atoms with Crippen molar-refractivity contribution in [1.29, 1.82) is 0 Å². The van der Waals surface area contributed by atoms with Crippen LogP contribution in [-0.2, 0) is 11.3 Å². The van der Waals surface area contributed by atoms with Gasteiger partial charge < -0.3 is 9.30 Å². The molecule has 0 atom stereocenters. The summed E-state index contributed by atoms with van der Waals surface area (Å²) in [7, 11) is 0. The van der Waals surface area contributed by atoms with Gasteiger partial charge in [0.15, 0.2) is 11.6 Å². The Morgan fingerprint density at radius 1 is 1.36 bits per heavy atom. The third-order valence-corrected chi connectivity index (χ3v) is 2.86. The van der Waals surface area contributed by atoms with Crippen LogP contribution in [0.25, 0.3) is 6.08 Å². The number of hydrogen-bond donors (Lipinski definition) is 2. The number of nitrogens with one attached hydrogen (secondary N) is 1. The molecule has 0 saturated carbocycles. The maximum absolute atomic E-state index is 13.4. The molecule has 2 aromatic rings. The van der Waals surface area contributed by atoms with Gasteiger partial charge in [0.1, 0.15) is 12.4 Å². The van der Waals surface area contributed by atoms with E-state index in [1.807, 2.05) is 0 Å². The van der Waals surface area contributed by atoms with E-state index < -0.39 is 17.5 Å². The van der Waals surface area contributed by atoms with Crippen molar-refractivity contribution in [1.82, 2.24) is 10.0 Å². The highest BCUT2D eigenvalue weighted by atomic mass is 19.1. The lowest BCUT2D eigenvalue weighted by Crippen LogP contribution is -2.15. The standard InChI is InChI=1S/C15H14F2N2O3/c16-11-3-5-14(13(17)10-11)22-9-8-19-7-1-2-12(19)4-6-15(20)18-21/h1-7,10,21H,8-9H2,(H,18,20). The van der Waals surface area contributed by atoms with Crippen molar-refractivity contribution in [2.45, 2.75) is 6.54 Å². The Labute approximate surface area is 125 Å². The number of hydroxylamine groups is 1. The summed E-state index contributed by atoms with van der Waals surface area (Å²) in [5.74, 6) is -2.08. The predicted molar refractivity (Wildman–Crippen MR) is 75.2 cm³/mol. The molecular weight excluding hydrogens is 294 g/mol. The Morgan fingerprint density at radius 2 is 2.18 bits per heavy atom. The van der Waals surface area contributed by atoms with Crippen LogP contribution in [0.3, 0.4) is 0 Å². The fourth-order valence-corrected chi connectivity index (χ4v) is 1.83. The third kappa shape index (κ3) is 4.16. The van der Waals surface area contributed by atoms with Gasteiger partial charge in [0, 0.05) is 24.0 Å². The molecule has 22 heavy (non-hydrogen) atoms. The van der Waals surface area contributed by atoms with Crippen LogP contribution in [0.5, 0.6) is 5.75 Å². The molecule has 0 aliphatic rings. The maximum atomic E-state index is 13.4. The van der Waals surface area contributed by atoms with Crippen molar-refractivity contribution >= 4 is 12.0 Å². The van der Waals surface area contributed by atoms with Gasteiger partial charge in [-0.25, -0.2) is 14.3 Å². The topological polar surface area (TPSA) is 63.5 Å². The average molecular weight is 308 g/mol. The summed E-state index contributed by atoms with van der Waals surface area (Å²) in [6, 6.07) is 6.64. The minimum atomic E-state index is -0.757. The van der Waals surface area contributed by atoms with Gasteiger partial charge in [-0.3, -0.25) is 10.0 Å². The zero-order valence-electron chi connectivity index (χ0n) is 11.5. The van der Waals surface area contributed by atoms with Crippen LogP contribution in [0.2, 0.25) is 0 Å². The van der Waals surface area contributed by atoms with Gasteiger partial charge in [-0.1, -0.05) is 0 Å². The molecule has 5 nitrogen and oxygen atoms in total. The van der Waals surface area contributed by atoms with E-state index in [1.54, 1.807) is 22.9 Å². The second-order valence-electron chi connectivity index (χ2n) is 4.36. The quantitative estimate of drug-likeness (QED) is 0.489. The zero-order chi connectivity index (χ0) is 15.9. The molecule has 0 radical (unpaired) electrons. The van der Waals surface area contributed by atoms with Crippen LogP contribution < -0.4 is 10.2 Å². The number of carbonyl (C=O) groups excluding carboxylic acids is 1. The van der Waals surface area contributed by atoms with E-state index >= 15 is 0 Å². The van der Waals surface area contributed by atoms with Crippen molar-refractivity contribution in [3.8, 4) is 5.75 Å². The first kappa shape index (κ1) is 15.7. The molecule has 2 N–H and O–H groups in total. The van der Waals surface area contributed by atoms with Gasteiger partial charge in [0.2, 0.25) is 0 Å². The summed E-state index contributed by atoms with van der Waals surface area (Å²) >= 11 is 0. The summed E-state index contributed by atoms with van der Waals surface area (Å²) in [6.45, 7) is 0.578. The second-order valence-corrected chi connectivity index (χ2v) is 4.36. The van der Waals surface area contributed by atoms with E-state index in [4.69, 9.17) is 9.94 Å². The molecule has 0 fully saturated rings. The van der Waals surface area contributed by atoms with Gasteiger partial charge >= 0.3 is 0 Å². The number of hydrogen-bond acceptors (Lipinski definition) is 3. The lowest BCUT2D eigenvalue weighted by molar-refractivity contribution is -0.124. The summed E-state index contributed by atoms with van der Waals surface area (Å²) in [5.41, 5.74) is 2.20. The van der Waals surface area contributed by atoms with Crippen LogP contribution in [0.4, 0.5) is 8.78 Å². The third-order valence-electron chi connectivity index (χ3n) is 2.86. The fraction of sp³-hybridized carbons (Fsp3) is 0.133. The number of rotatable bonds is 6. The van der Waals surface area contributed by atoms with E-state index in [2.05, 4.69) is 0 Å². The first-order valence-electron chi connectivity index (χ1n) is 6.45. The zero-order valence-corrected chi connectivity index (χ0v) is 11.5. The second kappa shape index (κ2) is 7.37. The van der Waals surface area contributed by atoms with Gasteiger partial charge in [-0.05, 0) is 30.3 Å². The molecule has 116 valence electrons. The average Bonchev–Trinajstić information content (AvgIpc) is 2.94. The molecular formula is C15H14F2N2O3. The Balaban J connectivity index is 1.94. The normalized spacial score (nSPS) is 10.9. The van der Waals surface area contributed by atoms with Crippen LogP contribution in [0.15, 0.2) is 42.6 Å². The van der Waals surface area contributed by atoms with Crippen LogP contribution >= 0.6 is 0 Å². The van der Waals surface area contributed by atoms with Crippen LogP contribution in [-0.4, -0.2) is 22.3 Å². The predicted octanol–water partition coefficient (Wildman–Crippen LogP) is 2.36. The van der Waals surface area contributed by atoms with Crippen molar-refractivity contribution in [3.05, 3.63) is 59.9 Å². The molecule has 7 heteroatoms. The molecule has 0 unspecified atom stereocenters. The van der Waals surface area contributed by atoms with Gasteiger partial charge in [0.05, 0.1) is 6.54 Å². The highest BCUT2D eigenvalue weighted by Crippen LogP contribution is 2.17. The highest BCUT2D eigenvalue weighted by molar-refractivity contribution is 5.90. The highest BCUT2D eigenvalue weighted by Gasteiger charge is 2.05. The van der Waals surface area contributed by atoms with Gasteiger partial charge in [-0.15, -0.1) is 0 Å². The lowest BCUT2D eigenvalue weighted by atomic mass is 10.3. The maximum Gasteiger partial charge on any atom is 0.267 e. The summed E-state index contributed by atoms with van der Waals surface area (Å²) in [4.78, 5) is 10.9. The minimum absolute atomic E-state index is 0.0229.